The van der Waals surface area contributed by atoms with Gasteiger partial charge in [-0.1, -0.05) is 0 Å². The van der Waals surface area contributed by atoms with Gasteiger partial charge in [0.1, 0.15) is 11.5 Å². The van der Waals surface area contributed by atoms with Crippen LogP contribution in [0, 0.1) is 13.8 Å². The standard InChI is InChI=1S/C14H16N2O2/c1-9-4-6-12(8-15-9)14(17)16-11(3)13-7-5-10(2)18-13/h4-8,11H,1-3H3,(H,16,17). The van der Waals surface area contributed by atoms with Crippen LogP contribution < -0.4 is 5.32 Å². The SMILES string of the molecule is Cc1ccc(C(=O)NC(C)c2ccc(C)o2)cn1. The van der Waals surface area contributed by atoms with Crippen molar-refractivity contribution in [3.63, 3.8) is 0 Å². The summed E-state index contributed by atoms with van der Waals surface area (Å²) in [5, 5.41) is 2.87. The molecule has 4 heteroatoms. The minimum absolute atomic E-state index is 0.149. The molecule has 0 aromatic carbocycles. The minimum atomic E-state index is -0.160. The Balaban J connectivity index is 2.05. The summed E-state index contributed by atoms with van der Waals surface area (Å²) < 4.78 is 5.47. The largest absolute Gasteiger partial charge is 0.464 e. The van der Waals surface area contributed by atoms with Crippen molar-refractivity contribution >= 4 is 5.91 Å². The molecule has 0 aliphatic heterocycles. The molecule has 2 aromatic heterocycles. The monoisotopic (exact) mass is 244 g/mol. The van der Waals surface area contributed by atoms with Gasteiger partial charge in [0.05, 0.1) is 11.6 Å². The van der Waals surface area contributed by atoms with Crippen LogP contribution in [-0.2, 0) is 0 Å². The predicted octanol–water partition coefficient (Wildman–Crippen LogP) is 2.78. The number of aromatic nitrogens is 1. The fraction of sp³-hybridized carbons (Fsp3) is 0.286. The Labute approximate surface area is 106 Å². The lowest BCUT2D eigenvalue weighted by Gasteiger charge is -2.11. The zero-order chi connectivity index (χ0) is 13.1. The van der Waals surface area contributed by atoms with E-state index in [1.807, 2.05) is 39.0 Å². The van der Waals surface area contributed by atoms with Crippen molar-refractivity contribution in [3.8, 4) is 0 Å². The summed E-state index contributed by atoms with van der Waals surface area (Å²) in [4.78, 5) is 16.1. The number of nitrogens with one attached hydrogen (secondary N) is 1. The molecule has 18 heavy (non-hydrogen) atoms. The van der Waals surface area contributed by atoms with Gasteiger partial charge in [0.15, 0.2) is 0 Å². The number of carbonyl (C=O) groups is 1. The molecule has 94 valence electrons. The third kappa shape index (κ3) is 2.77. The molecule has 1 unspecified atom stereocenters. The van der Waals surface area contributed by atoms with Gasteiger partial charge >= 0.3 is 0 Å². The van der Waals surface area contributed by atoms with Gasteiger partial charge in [-0.05, 0) is 45.0 Å². The smallest absolute Gasteiger partial charge is 0.253 e. The lowest BCUT2D eigenvalue weighted by atomic mass is 10.2. The van der Waals surface area contributed by atoms with Crippen molar-refractivity contribution in [2.75, 3.05) is 0 Å². The zero-order valence-corrected chi connectivity index (χ0v) is 10.7. The van der Waals surface area contributed by atoms with E-state index in [0.29, 0.717) is 5.56 Å². The maximum atomic E-state index is 12.0. The zero-order valence-electron chi connectivity index (χ0n) is 10.7. The first-order chi connectivity index (χ1) is 8.56. The van der Waals surface area contributed by atoms with Crippen molar-refractivity contribution in [2.45, 2.75) is 26.8 Å². The van der Waals surface area contributed by atoms with Crippen molar-refractivity contribution in [2.24, 2.45) is 0 Å². The van der Waals surface area contributed by atoms with Crippen LogP contribution in [0.3, 0.4) is 0 Å². The van der Waals surface area contributed by atoms with Gasteiger partial charge < -0.3 is 9.73 Å². The second-order valence-electron chi connectivity index (χ2n) is 4.33. The van der Waals surface area contributed by atoms with E-state index < -0.39 is 0 Å². The van der Waals surface area contributed by atoms with E-state index >= 15 is 0 Å². The Kier molecular flexibility index (Phi) is 3.46. The topological polar surface area (TPSA) is 55.1 Å². The second kappa shape index (κ2) is 5.04. The highest BCUT2D eigenvalue weighted by Gasteiger charge is 2.14. The number of rotatable bonds is 3. The normalized spacial score (nSPS) is 12.2. The molecule has 0 aliphatic carbocycles. The quantitative estimate of drug-likeness (QED) is 0.903. The summed E-state index contributed by atoms with van der Waals surface area (Å²) in [6.45, 7) is 5.65. The molecule has 4 nitrogen and oxygen atoms in total. The first-order valence-corrected chi connectivity index (χ1v) is 5.86. The number of furan rings is 1. The van der Waals surface area contributed by atoms with Crippen LogP contribution in [0.25, 0.3) is 0 Å². The van der Waals surface area contributed by atoms with Gasteiger partial charge in [-0.3, -0.25) is 9.78 Å². The summed E-state index contributed by atoms with van der Waals surface area (Å²) >= 11 is 0. The molecule has 2 rings (SSSR count). The average molecular weight is 244 g/mol. The van der Waals surface area contributed by atoms with Gasteiger partial charge in [-0.25, -0.2) is 0 Å². The summed E-state index contributed by atoms with van der Waals surface area (Å²) in [7, 11) is 0. The molecular weight excluding hydrogens is 228 g/mol. The van der Waals surface area contributed by atoms with Crippen LogP contribution in [-0.4, -0.2) is 10.9 Å². The number of aryl methyl sites for hydroxylation is 2. The van der Waals surface area contributed by atoms with E-state index in [2.05, 4.69) is 10.3 Å². The van der Waals surface area contributed by atoms with Gasteiger partial charge in [0.2, 0.25) is 0 Å². The van der Waals surface area contributed by atoms with Crippen LogP contribution in [0.2, 0.25) is 0 Å². The molecule has 0 saturated heterocycles. The van der Waals surface area contributed by atoms with Crippen molar-refractivity contribution < 1.29 is 9.21 Å². The Hall–Kier alpha value is -2.10. The Morgan fingerprint density at radius 1 is 1.28 bits per heavy atom. The van der Waals surface area contributed by atoms with Crippen molar-refractivity contribution in [1.82, 2.24) is 10.3 Å². The fourth-order valence-corrected chi connectivity index (χ4v) is 1.64. The highest BCUT2D eigenvalue weighted by molar-refractivity contribution is 5.94. The molecule has 0 radical (unpaired) electrons. The molecule has 0 saturated carbocycles. The number of nitrogens with zero attached hydrogens (tertiary/aromatic N) is 1. The Morgan fingerprint density at radius 2 is 2.06 bits per heavy atom. The number of hydrogen-bond donors (Lipinski definition) is 1. The Morgan fingerprint density at radius 3 is 2.61 bits per heavy atom. The maximum absolute atomic E-state index is 12.0. The van der Waals surface area contributed by atoms with Gasteiger partial charge in [0.25, 0.3) is 5.91 Å². The molecule has 1 amide bonds. The number of amides is 1. The summed E-state index contributed by atoms with van der Waals surface area (Å²) in [5.74, 6) is 1.44. The van der Waals surface area contributed by atoms with E-state index in [-0.39, 0.29) is 11.9 Å². The van der Waals surface area contributed by atoms with Gasteiger partial charge in [0, 0.05) is 11.9 Å². The molecule has 2 aromatic rings. The fourth-order valence-electron chi connectivity index (χ4n) is 1.64. The lowest BCUT2D eigenvalue weighted by Crippen LogP contribution is -2.26. The second-order valence-corrected chi connectivity index (χ2v) is 4.33. The highest BCUT2D eigenvalue weighted by Crippen LogP contribution is 2.16. The third-order valence-corrected chi connectivity index (χ3v) is 2.71. The van der Waals surface area contributed by atoms with Crippen LogP contribution in [0.15, 0.2) is 34.9 Å². The number of pyridine rings is 1. The van der Waals surface area contributed by atoms with Crippen molar-refractivity contribution in [1.29, 1.82) is 0 Å². The van der Waals surface area contributed by atoms with Gasteiger partial charge in [-0.2, -0.15) is 0 Å². The molecule has 0 aliphatic rings. The van der Waals surface area contributed by atoms with Gasteiger partial charge in [-0.15, -0.1) is 0 Å². The summed E-state index contributed by atoms with van der Waals surface area (Å²) in [6.07, 6.45) is 1.57. The van der Waals surface area contributed by atoms with E-state index in [1.54, 1.807) is 12.3 Å². The molecule has 1 N–H and O–H groups in total. The third-order valence-electron chi connectivity index (χ3n) is 2.71. The van der Waals surface area contributed by atoms with E-state index in [4.69, 9.17) is 4.42 Å². The number of carbonyl (C=O) groups excluding carboxylic acids is 1. The first kappa shape index (κ1) is 12.4. The molecule has 2 heterocycles. The van der Waals surface area contributed by atoms with Crippen molar-refractivity contribution in [3.05, 3.63) is 53.2 Å². The number of hydrogen-bond acceptors (Lipinski definition) is 3. The Bertz CT molecular complexity index is 543. The molecular formula is C14H16N2O2. The maximum Gasteiger partial charge on any atom is 0.253 e. The van der Waals surface area contributed by atoms with E-state index in [1.165, 1.54) is 0 Å². The molecule has 0 fully saturated rings. The van der Waals surface area contributed by atoms with Crippen LogP contribution in [0.1, 0.15) is 40.5 Å². The lowest BCUT2D eigenvalue weighted by molar-refractivity contribution is 0.0934. The van der Waals surface area contributed by atoms with Crippen LogP contribution in [0.4, 0.5) is 0 Å². The molecule has 0 bridgehead atoms. The van der Waals surface area contributed by atoms with E-state index in [0.717, 1.165) is 17.2 Å². The molecule has 1 atom stereocenters. The predicted molar refractivity (Wildman–Crippen MR) is 68.3 cm³/mol. The van der Waals surface area contributed by atoms with Crippen LogP contribution in [0.5, 0.6) is 0 Å². The average Bonchev–Trinajstić information content (AvgIpc) is 2.76. The van der Waals surface area contributed by atoms with Crippen LogP contribution >= 0.6 is 0 Å². The highest BCUT2D eigenvalue weighted by atomic mass is 16.3. The molecule has 0 spiro atoms. The van der Waals surface area contributed by atoms with E-state index in [9.17, 15) is 4.79 Å². The first-order valence-electron chi connectivity index (χ1n) is 5.86. The summed E-state index contributed by atoms with van der Waals surface area (Å²) in [5.41, 5.74) is 1.44. The minimum Gasteiger partial charge on any atom is -0.464 e. The summed E-state index contributed by atoms with van der Waals surface area (Å²) in [6, 6.07) is 7.17.